The van der Waals surface area contributed by atoms with Crippen molar-refractivity contribution in [1.82, 2.24) is 9.80 Å². The minimum Gasteiger partial charge on any atom is -0.332 e. The van der Waals surface area contributed by atoms with Gasteiger partial charge in [-0.2, -0.15) is 0 Å². The van der Waals surface area contributed by atoms with Crippen molar-refractivity contribution in [1.29, 1.82) is 0 Å². The Labute approximate surface area is 74.3 Å². The molecule has 0 aromatic rings. The maximum atomic E-state index is 11.2. The number of nitrogens with zero attached hydrogens (tertiary/aromatic N) is 2. The summed E-state index contributed by atoms with van der Waals surface area (Å²) in [5.41, 5.74) is 0. The fourth-order valence-corrected chi connectivity index (χ4v) is 1.59. The first-order valence-corrected chi connectivity index (χ1v) is 4.63. The molecule has 0 aromatic heterocycles. The quantitative estimate of drug-likeness (QED) is 0.628. The minimum atomic E-state index is 0.248. The SMILES string of the molecule is CCCC(C)N1CC(=O)N(C)C1. The second-order valence-electron chi connectivity index (χ2n) is 3.62. The van der Waals surface area contributed by atoms with Gasteiger partial charge in [-0.1, -0.05) is 13.3 Å². The zero-order valence-electron chi connectivity index (χ0n) is 8.21. The van der Waals surface area contributed by atoms with Gasteiger partial charge < -0.3 is 4.90 Å². The van der Waals surface area contributed by atoms with Crippen molar-refractivity contribution in [2.75, 3.05) is 20.3 Å². The van der Waals surface area contributed by atoms with Crippen LogP contribution in [0.3, 0.4) is 0 Å². The Kier molecular flexibility index (Phi) is 3.09. The highest BCUT2D eigenvalue weighted by atomic mass is 16.2. The lowest BCUT2D eigenvalue weighted by Gasteiger charge is -2.22. The fourth-order valence-electron chi connectivity index (χ4n) is 1.59. The Morgan fingerprint density at radius 1 is 1.58 bits per heavy atom. The largest absolute Gasteiger partial charge is 0.332 e. The lowest BCUT2D eigenvalue weighted by atomic mass is 10.2. The molecular weight excluding hydrogens is 152 g/mol. The second-order valence-corrected chi connectivity index (χ2v) is 3.62. The molecule has 1 amide bonds. The zero-order chi connectivity index (χ0) is 9.14. The molecule has 1 rings (SSSR count). The van der Waals surface area contributed by atoms with Crippen LogP contribution in [-0.2, 0) is 4.79 Å². The lowest BCUT2D eigenvalue weighted by Crippen LogP contribution is -2.31. The van der Waals surface area contributed by atoms with Crippen LogP contribution in [-0.4, -0.2) is 42.0 Å². The molecule has 3 nitrogen and oxygen atoms in total. The predicted molar refractivity (Wildman–Crippen MR) is 48.7 cm³/mol. The van der Waals surface area contributed by atoms with Crippen LogP contribution in [0, 0.1) is 0 Å². The van der Waals surface area contributed by atoms with Gasteiger partial charge in [0, 0.05) is 13.1 Å². The molecule has 0 spiro atoms. The van der Waals surface area contributed by atoms with E-state index in [1.54, 1.807) is 4.90 Å². The van der Waals surface area contributed by atoms with Crippen molar-refractivity contribution >= 4 is 5.91 Å². The molecule has 0 N–H and O–H groups in total. The summed E-state index contributed by atoms with van der Waals surface area (Å²) in [5, 5.41) is 0. The maximum absolute atomic E-state index is 11.2. The number of hydrogen-bond acceptors (Lipinski definition) is 2. The van der Waals surface area contributed by atoms with E-state index in [1.807, 2.05) is 7.05 Å². The molecule has 0 bridgehead atoms. The van der Waals surface area contributed by atoms with Gasteiger partial charge in [-0.25, -0.2) is 0 Å². The number of carbonyl (C=O) groups is 1. The molecule has 12 heavy (non-hydrogen) atoms. The van der Waals surface area contributed by atoms with Gasteiger partial charge in [-0.3, -0.25) is 9.69 Å². The van der Waals surface area contributed by atoms with Crippen molar-refractivity contribution in [3.05, 3.63) is 0 Å². The number of likely N-dealkylation sites (N-methyl/N-ethyl adjacent to an activating group) is 1. The maximum Gasteiger partial charge on any atom is 0.237 e. The molecule has 0 aromatic carbocycles. The van der Waals surface area contributed by atoms with E-state index in [-0.39, 0.29) is 5.91 Å². The van der Waals surface area contributed by atoms with Gasteiger partial charge >= 0.3 is 0 Å². The average Bonchev–Trinajstić information content (AvgIpc) is 2.33. The molecule has 0 aliphatic carbocycles. The van der Waals surface area contributed by atoms with Gasteiger partial charge in [0.25, 0.3) is 0 Å². The molecule has 0 radical (unpaired) electrons. The van der Waals surface area contributed by atoms with Crippen LogP contribution in [0.5, 0.6) is 0 Å². The number of carbonyl (C=O) groups excluding carboxylic acids is 1. The topological polar surface area (TPSA) is 23.6 Å². The second kappa shape index (κ2) is 3.90. The first-order valence-electron chi connectivity index (χ1n) is 4.63. The third-order valence-corrected chi connectivity index (χ3v) is 2.49. The molecule has 70 valence electrons. The fraction of sp³-hybridized carbons (Fsp3) is 0.889. The van der Waals surface area contributed by atoms with Crippen LogP contribution < -0.4 is 0 Å². The van der Waals surface area contributed by atoms with Crippen molar-refractivity contribution in [2.45, 2.75) is 32.7 Å². The van der Waals surface area contributed by atoms with Crippen LogP contribution in [0.2, 0.25) is 0 Å². The van der Waals surface area contributed by atoms with Crippen LogP contribution >= 0.6 is 0 Å². The van der Waals surface area contributed by atoms with E-state index in [0.29, 0.717) is 12.6 Å². The predicted octanol–water partition coefficient (Wildman–Crippen LogP) is 0.907. The molecule has 1 fully saturated rings. The Morgan fingerprint density at radius 3 is 2.67 bits per heavy atom. The molecule has 1 aliphatic rings. The third-order valence-electron chi connectivity index (χ3n) is 2.49. The standard InChI is InChI=1S/C9H18N2O/c1-4-5-8(2)11-6-9(12)10(3)7-11/h8H,4-7H2,1-3H3. The summed E-state index contributed by atoms with van der Waals surface area (Å²) in [6, 6.07) is 0.545. The van der Waals surface area contributed by atoms with Crippen LogP contribution in [0.1, 0.15) is 26.7 Å². The Balaban J connectivity index is 2.40. The summed E-state index contributed by atoms with van der Waals surface area (Å²) in [6.07, 6.45) is 2.37. The smallest absolute Gasteiger partial charge is 0.237 e. The molecule has 3 heteroatoms. The normalized spacial score (nSPS) is 21.9. The first-order chi connectivity index (χ1) is 5.65. The van der Waals surface area contributed by atoms with Gasteiger partial charge in [0.15, 0.2) is 0 Å². The monoisotopic (exact) mass is 170 g/mol. The summed E-state index contributed by atoms with van der Waals surface area (Å²) < 4.78 is 0. The lowest BCUT2D eigenvalue weighted by molar-refractivity contribution is -0.125. The van der Waals surface area contributed by atoms with E-state index in [2.05, 4.69) is 18.7 Å². The first kappa shape index (κ1) is 9.52. The molecule has 1 heterocycles. The molecule has 1 unspecified atom stereocenters. The van der Waals surface area contributed by atoms with Gasteiger partial charge in [0.2, 0.25) is 5.91 Å². The van der Waals surface area contributed by atoms with E-state index in [9.17, 15) is 4.79 Å². The molecule has 0 saturated carbocycles. The van der Waals surface area contributed by atoms with Crippen molar-refractivity contribution < 1.29 is 4.79 Å². The van der Waals surface area contributed by atoms with Gasteiger partial charge in [-0.15, -0.1) is 0 Å². The molecule has 1 saturated heterocycles. The average molecular weight is 170 g/mol. The van der Waals surface area contributed by atoms with Crippen molar-refractivity contribution in [3.8, 4) is 0 Å². The van der Waals surface area contributed by atoms with Crippen molar-refractivity contribution in [2.24, 2.45) is 0 Å². The van der Waals surface area contributed by atoms with Crippen molar-refractivity contribution in [3.63, 3.8) is 0 Å². The number of rotatable bonds is 3. The number of hydrogen-bond donors (Lipinski definition) is 0. The van der Waals surface area contributed by atoms with Crippen LogP contribution in [0.15, 0.2) is 0 Å². The zero-order valence-corrected chi connectivity index (χ0v) is 8.21. The summed E-state index contributed by atoms with van der Waals surface area (Å²) in [6.45, 7) is 5.78. The molecule has 1 aliphatic heterocycles. The van der Waals surface area contributed by atoms with Gasteiger partial charge in [0.05, 0.1) is 13.2 Å². The number of amides is 1. The van der Waals surface area contributed by atoms with E-state index >= 15 is 0 Å². The Bertz CT molecular complexity index is 170. The summed E-state index contributed by atoms with van der Waals surface area (Å²) in [5.74, 6) is 0.248. The van der Waals surface area contributed by atoms with Crippen LogP contribution in [0.4, 0.5) is 0 Å². The van der Waals surface area contributed by atoms with Gasteiger partial charge in [0.1, 0.15) is 0 Å². The highest BCUT2D eigenvalue weighted by Crippen LogP contribution is 2.11. The Hall–Kier alpha value is -0.570. The molecular formula is C9H18N2O. The minimum absolute atomic E-state index is 0.248. The molecule has 1 atom stereocenters. The highest BCUT2D eigenvalue weighted by molar-refractivity contribution is 5.79. The van der Waals surface area contributed by atoms with E-state index in [1.165, 1.54) is 12.8 Å². The Morgan fingerprint density at radius 2 is 2.25 bits per heavy atom. The van der Waals surface area contributed by atoms with E-state index in [4.69, 9.17) is 0 Å². The van der Waals surface area contributed by atoms with Crippen LogP contribution in [0.25, 0.3) is 0 Å². The summed E-state index contributed by atoms with van der Waals surface area (Å²) in [7, 11) is 1.86. The van der Waals surface area contributed by atoms with Gasteiger partial charge in [-0.05, 0) is 13.3 Å². The van der Waals surface area contributed by atoms with E-state index in [0.717, 1.165) is 6.67 Å². The summed E-state index contributed by atoms with van der Waals surface area (Å²) >= 11 is 0. The third kappa shape index (κ3) is 1.97. The van der Waals surface area contributed by atoms with E-state index < -0.39 is 0 Å². The highest BCUT2D eigenvalue weighted by Gasteiger charge is 2.26. The summed E-state index contributed by atoms with van der Waals surface area (Å²) in [4.78, 5) is 15.2.